The third-order valence-electron chi connectivity index (χ3n) is 2.62. The molecule has 1 saturated heterocycles. The van der Waals surface area contributed by atoms with Crippen LogP contribution >= 0.6 is 0 Å². The van der Waals surface area contributed by atoms with Crippen molar-refractivity contribution in [2.24, 2.45) is 5.14 Å². The Morgan fingerprint density at radius 1 is 1.18 bits per heavy atom. The maximum atomic E-state index is 10.6. The molecule has 0 atom stereocenters. The minimum absolute atomic E-state index is 0.148. The largest absolute Gasteiger partial charge is 0.342 e. The number of rotatable bonds is 1. The van der Waals surface area contributed by atoms with Gasteiger partial charge in [0, 0.05) is 13.1 Å². The van der Waals surface area contributed by atoms with Gasteiger partial charge in [-0.2, -0.15) is 0 Å². The van der Waals surface area contributed by atoms with Crippen molar-refractivity contribution in [1.82, 2.24) is 0 Å². The Bertz CT molecular complexity index is 411. The van der Waals surface area contributed by atoms with Crippen LogP contribution in [0.3, 0.4) is 0 Å². The first-order valence-electron chi connectivity index (χ1n) is 5.71. The fourth-order valence-electron chi connectivity index (χ4n) is 1.58. The first-order valence-corrected chi connectivity index (χ1v) is 7.25. The van der Waals surface area contributed by atoms with Gasteiger partial charge in [-0.25, -0.2) is 13.6 Å². The van der Waals surface area contributed by atoms with Crippen molar-refractivity contribution in [3.05, 3.63) is 36.8 Å². The van der Waals surface area contributed by atoms with Gasteiger partial charge in [0.05, 0.1) is 11.9 Å². The van der Waals surface area contributed by atoms with E-state index in [4.69, 9.17) is 5.14 Å². The number of quaternary nitrogens is 1. The number of piperidine rings is 1. The van der Waals surface area contributed by atoms with E-state index in [1.165, 1.54) is 38.1 Å². The molecule has 0 saturated carbocycles. The van der Waals surface area contributed by atoms with Crippen molar-refractivity contribution < 1.29 is 13.3 Å². The third-order valence-corrected chi connectivity index (χ3v) is 3.55. The maximum absolute atomic E-state index is 10.6. The van der Waals surface area contributed by atoms with Gasteiger partial charge in [-0.05, 0) is 12.1 Å². The summed E-state index contributed by atoms with van der Waals surface area (Å²) in [5, 5.41) is 4.83. The zero-order valence-electron chi connectivity index (χ0n) is 10.1. The number of nitrogens with one attached hydrogen (secondary N) is 1. The lowest BCUT2D eigenvalue weighted by molar-refractivity contribution is -0.882. The van der Waals surface area contributed by atoms with Gasteiger partial charge < -0.3 is 11.3 Å². The third kappa shape index (κ3) is 5.81. The molecule has 1 heterocycles. The zero-order chi connectivity index (χ0) is 12.7. The van der Waals surface area contributed by atoms with E-state index in [0.29, 0.717) is 0 Å². The Balaban J connectivity index is 0.000000181. The molecule has 5 heteroatoms. The van der Waals surface area contributed by atoms with Crippen LogP contribution in [0, 0.1) is 6.42 Å². The Hall–Kier alpha value is -0.910. The minimum atomic E-state index is -3.50. The van der Waals surface area contributed by atoms with Gasteiger partial charge in [0.2, 0.25) is 10.0 Å². The number of sulfonamides is 1. The molecule has 1 aromatic carbocycles. The molecule has 0 radical (unpaired) electrons. The molecule has 2 rings (SSSR count). The molecule has 0 amide bonds. The van der Waals surface area contributed by atoms with Crippen molar-refractivity contribution in [3.63, 3.8) is 0 Å². The summed E-state index contributed by atoms with van der Waals surface area (Å²) in [5.74, 6) is 0. The molecule has 1 fully saturated rings. The van der Waals surface area contributed by atoms with Crippen LogP contribution in [0.1, 0.15) is 12.8 Å². The van der Waals surface area contributed by atoms with Gasteiger partial charge in [-0.1, -0.05) is 18.2 Å². The number of benzene rings is 1. The number of hydrogen-bond donors (Lipinski definition) is 2. The summed E-state index contributed by atoms with van der Waals surface area (Å²) < 4.78 is 21.2. The van der Waals surface area contributed by atoms with Gasteiger partial charge in [0.25, 0.3) is 0 Å². The summed E-state index contributed by atoms with van der Waals surface area (Å²) in [6, 6.07) is 7.89. The summed E-state index contributed by atoms with van der Waals surface area (Å²) in [7, 11) is -1.25. The highest BCUT2D eigenvalue weighted by Crippen LogP contribution is 2.03. The van der Waals surface area contributed by atoms with Crippen LogP contribution in [0.25, 0.3) is 0 Å². The van der Waals surface area contributed by atoms with Crippen molar-refractivity contribution in [2.45, 2.75) is 17.7 Å². The number of nitrogens with two attached hydrogens (primary N) is 1. The Morgan fingerprint density at radius 3 is 2.00 bits per heavy atom. The van der Waals surface area contributed by atoms with Crippen molar-refractivity contribution in [1.29, 1.82) is 0 Å². The Labute approximate surface area is 103 Å². The molecule has 17 heavy (non-hydrogen) atoms. The highest BCUT2D eigenvalue weighted by Gasteiger charge is 2.03. The van der Waals surface area contributed by atoms with Gasteiger partial charge in [-0.3, -0.25) is 0 Å². The van der Waals surface area contributed by atoms with Crippen LogP contribution in [-0.2, 0) is 10.0 Å². The van der Waals surface area contributed by atoms with Gasteiger partial charge >= 0.3 is 0 Å². The molecule has 1 aliphatic heterocycles. The Kier molecular flexibility index (Phi) is 5.61. The van der Waals surface area contributed by atoms with E-state index in [0.717, 1.165) is 0 Å². The average Bonchev–Trinajstić information content (AvgIpc) is 2.31. The highest BCUT2D eigenvalue weighted by molar-refractivity contribution is 7.89. The topological polar surface area (TPSA) is 64.6 Å². The second-order valence-electron chi connectivity index (χ2n) is 4.18. The normalized spacial score (nSPS) is 17.1. The van der Waals surface area contributed by atoms with E-state index in [1.807, 2.05) is 0 Å². The van der Waals surface area contributed by atoms with E-state index in [9.17, 15) is 8.42 Å². The van der Waals surface area contributed by atoms with Crippen molar-refractivity contribution in [3.8, 4) is 0 Å². The molecule has 0 unspecified atom stereocenters. The first-order chi connectivity index (χ1) is 8.00. The van der Waals surface area contributed by atoms with E-state index < -0.39 is 10.0 Å². The van der Waals surface area contributed by atoms with E-state index in [-0.39, 0.29) is 4.90 Å². The number of hydrogen-bond acceptors (Lipinski definition) is 2. The van der Waals surface area contributed by atoms with Crippen molar-refractivity contribution in [2.75, 3.05) is 20.1 Å². The fourth-order valence-corrected chi connectivity index (χ4v) is 2.11. The average molecular weight is 256 g/mol. The highest BCUT2D eigenvalue weighted by atomic mass is 32.2. The lowest BCUT2D eigenvalue weighted by Crippen LogP contribution is -3.09. The molecule has 0 aliphatic carbocycles. The van der Waals surface area contributed by atoms with Gasteiger partial charge in [-0.15, -0.1) is 12.8 Å². The Morgan fingerprint density at radius 2 is 1.71 bits per heavy atom. The summed E-state index contributed by atoms with van der Waals surface area (Å²) in [5.41, 5.74) is 0. The summed E-state index contributed by atoms with van der Waals surface area (Å²) in [6.45, 7) is 2.69. The van der Waals surface area contributed by atoms with Crippen LogP contribution in [0.2, 0.25) is 0 Å². The molecule has 1 aromatic rings. The van der Waals surface area contributed by atoms with E-state index in [1.54, 1.807) is 23.1 Å². The molecular weight excluding hydrogens is 236 g/mol. The fraction of sp³-hybridized carbons (Fsp3) is 0.417. The summed E-state index contributed by atoms with van der Waals surface area (Å²) in [6.07, 6.45) is 5.03. The second kappa shape index (κ2) is 6.74. The van der Waals surface area contributed by atoms with Crippen LogP contribution < -0.4 is 10.0 Å². The molecule has 0 spiro atoms. The molecular formula is C12H20N2O2S. The monoisotopic (exact) mass is 256 g/mol. The first kappa shape index (κ1) is 14.2. The smallest absolute Gasteiger partial charge is 0.238 e. The van der Waals surface area contributed by atoms with Crippen LogP contribution in [0.5, 0.6) is 0 Å². The second-order valence-corrected chi connectivity index (χ2v) is 5.74. The predicted molar refractivity (Wildman–Crippen MR) is 68.0 cm³/mol. The number of primary sulfonamides is 1. The molecule has 3 N–H and O–H groups in total. The molecule has 4 nitrogen and oxygen atoms in total. The molecule has 0 aromatic heterocycles. The lowest BCUT2D eigenvalue weighted by atomic mass is 10.1. The quantitative estimate of drug-likeness (QED) is 0.685. The van der Waals surface area contributed by atoms with Crippen LogP contribution in [0.15, 0.2) is 35.2 Å². The standard InChI is InChI=1S/C6H7NO2S.C6H12N/c7-10(8,9)6-4-2-1-3-5-6;1-7-5-3-2-4-6-7/h1-5H,(H2,7,8,9);2H,3-6H2,1H3/q;-1/p+1. The minimum Gasteiger partial charge on any atom is -0.342 e. The van der Waals surface area contributed by atoms with E-state index in [2.05, 4.69) is 13.5 Å². The SMILES string of the molecule is C[NH+]1CC[CH-]CC1.NS(=O)(=O)c1ccccc1. The van der Waals surface area contributed by atoms with E-state index >= 15 is 0 Å². The van der Waals surface area contributed by atoms with Crippen LogP contribution in [-0.4, -0.2) is 28.6 Å². The summed E-state index contributed by atoms with van der Waals surface area (Å²) >= 11 is 0. The molecule has 1 aliphatic rings. The van der Waals surface area contributed by atoms with Crippen molar-refractivity contribution >= 4 is 10.0 Å². The van der Waals surface area contributed by atoms with Crippen LogP contribution in [0.4, 0.5) is 0 Å². The predicted octanol–water partition coefficient (Wildman–Crippen LogP) is -0.167. The maximum Gasteiger partial charge on any atom is 0.238 e. The van der Waals surface area contributed by atoms with Gasteiger partial charge in [0.1, 0.15) is 0 Å². The molecule has 0 bridgehead atoms. The number of likely N-dealkylation sites (tertiary alicyclic amines) is 1. The lowest BCUT2D eigenvalue weighted by Gasteiger charge is -2.24. The summed E-state index contributed by atoms with van der Waals surface area (Å²) in [4.78, 5) is 1.83. The zero-order valence-corrected chi connectivity index (χ0v) is 10.9. The van der Waals surface area contributed by atoms with Gasteiger partial charge in [0.15, 0.2) is 0 Å². The molecule has 96 valence electrons.